The Morgan fingerprint density at radius 1 is 0.857 bits per heavy atom. The Balaban J connectivity index is 1.51. The van der Waals surface area contributed by atoms with Gasteiger partial charge in [0.1, 0.15) is 12.3 Å². The Kier molecular flexibility index (Phi) is 4.93. The quantitative estimate of drug-likeness (QED) is 0.467. The van der Waals surface area contributed by atoms with Crippen LogP contribution in [0, 0.1) is 0 Å². The summed E-state index contributed by atoms with van der Waals surface area (Å²) in [7, 11) is 0. The third-order valence-corrected chi connectivity index (χ3v) is 4.28. The van der Waals surface area contributed by atoms with E-state index in [1.807, 2.05) is 36.4 Å². The van der Waals surface area contributed by atoms with E-state index >= 15 is 0 Å². The zero-order valence-electron chi connectivity index (χ0n) is 14.9. The Hall–Kier alpha value is -3.80. The number of esters is 2. The van der Waals surface area contributed by atoms with E-state index in [9.17, 15) is 9.59 Å². The summed E-state index contributed by atoms with van der Waals surface area (Å²) in [5.41, 5.74) is 2.74. The SMILES string of the molecule is O=C(OCn1c(C(=O)OCc2ccccc2)cc2occc21)c1ccccc1. The standard InChI is InChI=1S/C22H17NO5/c24-21(17-9-5-2-6-10-17)28-15-23-18-11-12-26-20(18)13-19(23)22(25)27-14-16-7-3-1-4-8-16/h1-13H,14-15H2. The summed E-state index contributed by atoms with van der Waals surface area (Å²) >= 11 is 0. The molecule has 2 aromatic heterocycles. The lowest BCUT2D eigenvalue weighted by molar-refractivity contribution is 0.0334. The van der Waals surface area contributed by atoms with Crippen molar-refractivity contribution in [3.8, 4) is 0 Å². The molecule has 4 aromatic rings. The average molecular weight is 375 g/mol. The van der Waals surface area contributed by atoms with Gasteiger partial charge in [0, 0.05) is 12.1 Å². The van der Waals surface area contributed by atoms with Gasteiger partial charge in [0.05, 0.1) is 17.3 Å². The molecule has 0 unspecified atom stereocenters. The minimum absolute atomic E-state index is 0.132. The second-order valence-electron chi connectivity index (χ2n) is 6.12. The maximum Gasteiger partial charge on any atom is 0.355 e. The van der Waals surface area contributed by atoms with Gasteiger partial charge >= 0.3 is 11.9 Å². The molecule has 0 atom stereocenters. The lowest BCUT2D eigenvalue weighted by atomic mass is 10.2. The van der Waals surface area contributed by atoms with E-state index < -0.39 is 11.9 Å². The number of rotatable bonds is 6. The topological polar surface area (TPSA) is 70.7 Å². The van der Waals surface area contributed by atoms with Crippen molar-refractivity contribution in [1.29, 1.82) is 0 Å². The van der Waals surface area contributed by atoms with Crippen LogP contribution in [0.3, 0.4) is 0 Å². The second kappa shape index (κ2) is 7.84. The molecule has 0 aliphatic rings. The second-order valence-corrected chi connectivity index (χ2v) is 6.12. The lowest BCUT2D eigenvalue weighted by Gasteiger charge is -2.11. The Morgan fingerprint density at radius 2 is 1.57 bits per heavy atom. The van der Waals surface area contributed by atoms with Gasteiger partial charge < -0.3 is 13.9 Å². The number of carbonyl (C=O) groups is 2. The first-order valence-corrected chi connectivity index (χ1v) is 8.72. The highest BCUT2D eigenvalue weighted by atomic mass is 16.5. The van der Waals surface area contributed by atoms with Crippen molar-refractivity contribution < 1.29 is 23.5 Å². The van der Waals surface area contributed by atoms with Crippen molar-refractivity contribution in [2.45, 2.75) is 13.3 Å². The molecule has 0 fully saturated rings. The first-order chi connectivity index (χ1) is 13.7. The number of ether oxygens (including phenoxy) is 2. The fourth-order valence-corrected chi connectivity index (χ4v) is 2.86. The van der Waals surface area contributed by atoms with E-state index in [0.717, 1.165) is 5.56 Å². The molecule has 2 aromatic carbocycles. The van der Waals surface area contributed by atoms with E-state index in [-0.39, 0.29) is 19.0 Å². The molecule has 0 spiro atoms. The molecule has 0 aliphatic carbocycles. The van der Waals surface area contributed by atoms with E-state index in [2.05, 4.69) is 0 Å². The number of aromatic nitrogens is 1. The van der Waals surface area contributed by atoms with Crippen LogP contribution in [0.1, 0.15) is 26.4 Å². The van der Waals surface area contributed by atoms with Gasteiger partial charge in [-0.2, -0.15) is 0 Å². The number of nitrogens with zero attached hydrogens (tertiary/aromatic N) is 1. The molecule has 6 nitrogen and oxygen atoms in total. The summed E-state index contributed by atoms with van der Waals surface area (Å²) < 4.78 is 17.7. The molecule has 6 heteroatoms. The fraction of sp³-hybridized carbons (Fsp3) is 0.0909. The molecule has 4 rings (SSSR count). The van der Waals surface area contributed by atoms with Gasteiger partial charge in [-0.3, -0.25) is 4.57 Å². The summed E-state index contributed by atoms with van der Waals surface area (Å²) in [6.07, 6.45) is 1.51. The summed E-state index contributed by atoms with van der Waals surface area (Å²) in [6.45, 7) is 0.0164. The number of hydrogen-bond acceptors (Lipinski definition) is 5. The van der Waals surface area contributed by atoms with Crippen LogP contribution >= 0.6 is 0 Å². The van der Waals surface area contributed by atoms with Crippen LogP contribution in [-0.4, -0.2) is 16.5 Å². The minimum atomic E-state index is -0.522. The lowest BCUT2D eigenvalue weighted by Crippen LogP contribution is -2.16. The van der Waals surface area contributed by atoms with Crippen LogP contribution in [0.25, 0.3) is 11.1 Å². The van der Waals surface area contributed by atoms with E-state index in [4.69, 9.17) is 13.9 Å². The number of carbonyl (C=O) groups excluding carboxylic acids is 2. The first kappa shape index (κ1) is 17.6. The summed E-state index contributed by atoms with van der Waals surface area (Å²) in [6, 6.07) is 21.4. The maximum atomic E-state index is 12.6. The molecule has 0 radical (unpaired) electrons. The van der Waals surface area contributed by atoms with E-state index in [1.54, 1.807) is 41.0 Å². The van der Waals surface area contributed by atoms with Crippen molar-refractivity contribution in [3.63, 3.8) is 0 Å². The number of benzene rings is 2. The largest absolute Gasteiger partial charge is 0.463 e. The van der Waals surface area contributed by atoms with Crippen molar-refractivity contribution in [2.24, 2.45) is 0 Å². The molecule has 0 saturated carbocycles. The molecule has 0 amide bonds. The number of furan rings is 1. The Labute approximate surface area is 160 Å². The molecule has 0 aliphatic heterocycles. The van der Waals surface area contributed by atoms with Crippen LogP contribution in [-0.2, 0) is 22.8 Å². The van der Waals surface area contributed by atoms with Crippen LogP contribution in [0.4, 0.5) is 0 Å². The zero-order valence-corrected chi connectivity index (χ0v) is 14.9. The summed E-state index contributed by atoms with van der Waals surface area (Å²) in [4.78, 5) is 24.8. The van der Waals surface area contributed by atoms with Gasteiger partial charge in [0.2, 0.25) is 0 Å². The van der Waals surface area contributed by atoms with Crippen molar-refractivity contribution >= 4 is 23.0 Å². The molecule has 0 N–H and O–H groups in total. The summed E-state index contributed by atoms with van der Waals surface area (Å²) in [5, 5.41) is 0. The van der Waals surface area contributed by atoms with Crippen LogP contribution in [0.15, 0.2) is 83.5 Å². The van der Waals surface area contributed by atoms with Crippen molar-refractivity contribution in [2.75, 3.05) is 0 Å². The zero-order chi connectivity index (χ0) is 19.3. The third-order valence-electron chi connectivity index (χ3n) is 4.28. The molecule has 0 saturated heterocycles. The van der Waals surface area contributed by atoms with Crippen molar-refractivity contribution in [1.82, 2.24) is 4.57 Å². The normalized spacial score (nSPS) is 10.7. The molecular formula is C22H17NO5. The summed E-state index contributed by atoms with van der Waals surface area (Å²) in [5.74, 6) is -0.999. The smallest absolute Gasteiger partial charge is 0.355 e. The van der Waals surface area contributed by atoms with Gasteiger partial charge in [-0.25, -0.2) is 9.59 Å². The molecule has 28 heavy (non-hydrogen) atoms. The van der Waals surface area contributed by atoms with Gasteiger partial charge in [0.25, 0.3) is 0 Å². The minimum Gasteiger partial charge on any atom is -0.463 e. The Morgan fingerprint density at radius 3 is 2.32 bits per heavy atom. The van der Waals surface area contributed by atoms with Gasteiger partial charge in [0.15, 0.2) is 12.3 Å². The average Bonchev–Trinajstić information content (AvgIpc) is 3.33. The molecular weight excluding hydrogens is 358 g/mol. The third kappa shape index (κ3) is 3.66. The fourth-order valence-electron chi connectivity index (χ4n) is 2.86. The Bertz CT molecular complexity index is 1100. The molecule has 0 bridgehead atoms. The van der Waals surface area contributed by atoms with E-state index in [0.29, 0.717) is 16.7 Å². The highest BCUT2D eigenvalue weighted by Gasteiger charge is 2.20. The van der Waals surface area contributed by atoms with Crippen LogP contribution in [0.2, 0.25) is 0 Å². The van der Waals surface area contributed by atoms with Crippen LogP contribution < -0.4 is 0 Å². The number of hydrogen-bond donors (Lipinski definition) is 0. The van der Waals surface area contributed by atoms with Crippen LogP contribution in [0.5, 0.6) is 0 Å². The first-order valence-electron chi connectivity index (χ1n) is 8.72. The van der Waals surface area contributed by atoms with Gasteiger partial charge in [-0.1, -0.05) is 48.5 Å². The monoisotopic (exact) mass is 375 g/mol. The maximum absolute atomic E-state index is 12.6. The predicted octanol–water partition coefficient (Wildman–Crippen LogP) is 4.41. The van der Waals surface area contributed by atoms with Gasteiger partial charge in [-0.05, 0) is 17.7 Å². The van der Waals surface area contributed by atoms with E-state index in [1.165, 1.54) is 6.26 Å². The molecule has 140 valence electrons. The predicted molar refractivity (Wildman–Crippen MR) is 102 cm³/mol. The number of fused-ring (bicyclic) bond motifs is 1. The molecule has 2 heterocycles. The highest BCUT2D eigenvalue weighted by Crippen LogP contribution is 2.22. The highest BCUT2D eigenvalue weighted by molar-refractivity contribution is 5.94. The van der Waals surface area contributed by atoms with Crippen molar-refractivity contribution in [3.05, 3.63) is 95.9 Å². The van der Waals surface area contributed by atoms with Gasteiger partial charge in [-0.15, -0.1) is 0 Å².